The molecule has 1 aliphatic rings. The van der Waals surface area contributed by atoms with E-state index in [-0.39, 0.29) is 17.9 Å². The highest BCUT2D eigenvalue weighted by Gasteiger charge is 2.23. The van der Waals surface area contributed by atoms with E-state index < -0.39 is 0 Å². The molecular formula is C16H23FN2O2. The van der Waals surface area contributed by atoms with Crippen LogP contribution < -0.4 is 5.73 Å². The summed E-state index contributed by atoms with van der Waals surface area (Å²) < 4.78 is 18.6. The number of carbonyl (C=O) groups excluding carboxylic acids is 1. The minimum absolute atomic E-state index is 0.244. The fraction of sp³-hybridized carbons (Fsp3) is 0.562. The lowest BCUT2D eigenvalue weighted by Crippen LogP contribution is -2.46. The van der Waals surface area contributed by atoms with E-state index in [2.05, 4.69) is 0 Å². The maximum absolute atomic E-state index is 13.0. The van der Waals surface area contributed by atoms with Crippen LogP contribution in [-0.2, 0) is 11.3 Å². The molecule has 0 heterocycles. The molecule has 0 spiro atoms. The first-order valence-corrected chi connectivity index (χ1v) is 7.55. The average Bonchev–Trinajstić information content (AvgIpc) is 2.48. The summed E-state index contributed by atoms with van der Waals surface area (Å²) in [4.78, 5) is 13.3. The van der Waals surface area contributed by atoms with E-state index in [4.69, 9.17) is 10.5 Å². The van der Waals surface area contributed by atoms with Gasteiger partial charge in [0, 0.05) is 12.6 Å². The molecule has 0 saturated heterocycles. The van der Waals surface area contributed by atoms with Crippen LogP contribution >= 0.6 is 0 Å². The Bertz CT molecular complexity index is 461. The Balaban J connectivity index is 1.75. The van der Waals surface area contributed by atoms with Gasteiger partial charge in [-0.1, -0.05) is 31.4 Å². The maximum Gasteiger partial charge on any atom is 0.315 e. The number of ether oxygens (including phenoxy) is 1. The van der Waals surface area contributed by atoms with Crippen LogP contribution in [-0.4, -0.2) is 30.1 Å². The Hall–Kier alpha value is -1.62. The maximum atomic E-state index is 13.0. The van der Waals surface area contributed by atoms with Crippen molar-refractivity contribution < 1.29 is 13.9 Å². The second-order valence-corrected chi connectivity index (χ2v) is 5.51. The molecule has 1 saturated carbocycles. The number of amides is 2. The molecule has 4 nitrogen and oxygen atoms in total. The van der Waals surface area contributed by atoms with E-state index >= 15 is 0 Å². The largest absolute Gasteiger partial charge is 0.375 e. The molecule has 1 aromatic rings. The van der Waals surface area contributed by atoms with Gasteiger partial charge >= 0.3 is 6.03 Å². The number of nitrogens with two attached hydrogens (primary N) is 1. The first-order chi connectivity index (χ1) is 10.2. The molecule has 1 aliphatic carbocycles. The van der Waals surface area contributed by atoms with Crippen LogP contribution in [0.2, 0.25) is 0 Å². The predicted octanol–water partition coefficient (Wildman–Crippen LogP) is 3.06. The van der Waals surface area contributed by atoms with Crippen LogP contribution in [0.15, 0.2) is 24.3 Å². The van der Waals surface area contributed by atoms with Crippen LogP contribution in [0.5, 0.6) is 0 Å². The number of benzene rings is 1. The van der Waals surface area contributed by atoms with Crippen molar-refractivity contribution in [3.05, 3.63) is 35.6 Å². The molecular weight excluding hydrogens is 271 g/mol. The summed E-state index contributed by atoms with van der Waals surface area (Å²) in [6.45, 7) is 1.25. The highest BCUT2D eigenvalue weighted by Crippen LogP contribution is 2.22. The SMILES string of the molecule is NC(=O)N(CCOCc1cccc(F)c1)C1CCCCC1. The Kier molecular flexibility index (Phi) is 5.99. The third-order valence-electron chi connectivity index (χ3n) is 3.93. The fourth-order valence-corrected chi connectivity index (χ4v) is 2.85. The zero-order chi connectivity index (χ0) is 15.1. The molecule has 0 radical (unpaired) electrons. The molecule has 0 unspecified atom stereocenters. The molecule has 2 amide bonds. The third-order valence-corrected chi connectivity index (χ3v) is 3.93. The van der Waals surface area contributed by atoms with Crippen molar-refractivity contribution in [2.24, 2.45) is 5.73 Å². The molecule has 5 heteroatoms. The van der Waals surface area contributed by atoms with Gasteiger partial charge in [0.05, 0.1) is 13.2 Å². The predicted molar refractivity (Wildman–Crippen MR) is 79.2 cm³/mol. The van der Waals surface area contributed by atoms with E-state index in [1.165, 1.54) is 18.6 Å². The van der Waals surface area contributed by atoms with Gasteiger partial charge in [-0.25, -0.2) is 9.18 Å². The molecule has 0 bridgehead atoms. The number of primary amides is 1. The molecule has 0 atom stereocenters. The second kappa shape index (κ2) is 7.98. The van der Waals surface area contributed by atoms with Crippen molar-refractivity contribution in [1.29, 1.82) is 0 Å². The van der Waals surface area contributed by atoms with Crippen LogP contribution in [0.4, 0.5) is 9.18 Å². The highest BCUT2D eigenvalue weighted by atomic mass is 19.1. The number of halogens is 1. The van der Waals surface area contributed by atoms with Gasteiger partial charge in [0.2, 0.25) is 0 Å². The second-order valence-electron chi connectivity index (χ2n) is 5.51. The van der Waals surface area contributed by atoms with Gasteiger partial charge in [-0.05, 0) is 30.5 Å². The Morgan fingerprint density at radius 3 is 2.76 bits per heavy atom. The van der Waals surface area contributed by atoms with Crippen molar-refractivity contribution in [2.75, 3.05) is 13.2 Å². The molecule has 2 rings (SSSR count). The molecule has 21 heavy (non-hydrogen) atoms. The summed E-state index contributed by atoms with van der Waals surface area (Å²) in [5, 5.41) is 0. The topological polar surface area (TPSA) is 55.6 Å². The summed E-state index contributed by atoms with van der Waals surface area (Å²) in [5.41, 5.74) is 6.25. The highest BCUT2D eigenvalue weighted by molar-refractivity contribution is 5.72. The fourth-order valence-electron chi connectivity index (χ4n) is 2.85. The van der Waals surface area contributed by atoms with E-state index in [9.17, 15) is 9.18 Å². The molecule has 1 aromatic carbocycles. The Morgan fingerprint density at radius 1 is 1.33 bits per heavy atom. The lowest BCUT2D eigenvalue weighted by Gasteiger charge is -2.33. The van der Waals surface area contributed by atoms with Crippen LogP contribution in [0.25, 0.3) is 0 Å². The normalized spacial score (nSPS) is 15.9. The summed E-state index contributed by atoms with van der Waals surface area (Å²) >= 11 is 0. The van der Waals surface area contributed by atoms with Crippen LogP contribution in [0, 0.1) is 5.82 Å². The van der Waals surface area contributed by atoms with Gasteiger partial charge in [0.1, 0.15) is 5.82 Å². The first-order valence-electron chi connectivity index (χ1n) is 7.55. The smallest absolute Gasteiger partial charge is 0.315 e. The van der Waals surface area contributed by atoms with Gasteiger partial charge in [-0.3, -0.25) is 0 Å². The van der Waals surface area contributed by atoms with Crippen molar-refractivity contribution in [3.63, 3.8) is 0 Å². The Labute approximate surface area is 125 Å². The van der Waals surface area contributed by atoms with E-state index in [1.54, 1.807) is 11.0 Å². The van der Waals surface area contributed by atoms with E-state index in [1.807, 2.05) is 6.07 Å². The minimum atomic E-state index is -0.378. The number of hydrogen-bond donors (Lipinski definition) is 1. The standard InChI is InChI=1S/C16H23FN2O2/c17-14-6-4-5-13(11-14)12-21-10-9-19(16(18)20)15-7-2-1-3-8-15/h4-6,11,15H,1-3,7-10,12H2,(H2,18,20). The first kappa shape index (κ1) is 15.8. The quantitative estimate of drug-likeness (QED) is 0.820. The van der Waals surface area contributed by atoms with Gasteiger partial charge in [-0.2, -0.15) is 0 Å². The lowest BCUT2D eigenvalue weighted by molar-refractivity contribution is 0.0831. The summed E-state index contributed by atoms with van der Waals surface area (Å²) in [6, 6.07) is 6.20. The van der Waals surface area contributed by atoms with Crippen molar-refractivity contribution in [1.82, 2.24) is 4.90 Å². The Morgan fingerprint density at radius 2 is 2.10 bits per heavy atom. The minimum Gasteiger partial charge on any atom is -0.375 e. The average molecular weight is 294 g/mol. The number of carbonyl (C=O) groups is 1. The molecule has 2 N–H and O–H groups in total. The van der Waals surface area contributed by atoms with Gasteiger partial charge in [-0.15, -0.1) is 0 Å². The molecule has 116 valence electrons. The van der Waals surface area contributed by atoms with E-state index in [0.29, 0.717) is 19.8 Å². The monoisotopic (exact) mass is 294 g/mol. The van der Waals surface area contributed by atoms with Gasteiger partial charge in [0.15, 0.2) is 0 Å². The molecule has 0 aliphatic heterocycles. The summed E-state index contributed by atoms with van der Waals surface area (Å²) in [6.07, 6.45) is 5.58. The molecule has 1 fully saturated rings. The van der Waals surface area contributed by atoms with Crippen LogP contribution in [0.1, 0.15) is 37.7 Å². The number of hydrogen-bond acceptors (Lipinski definition) is 2. The molecule has 0 aromatic heterocycles. The summed E-state index contributed by atoms with van der Waals surface area (Å²) in [5.74, 6) is -0.267. The zero-order valence-corrected chi connectivity index (χ0v) is 12.3. The third kappa shape index (κ3) is 5.01. The van der Waals surface area contributed by atoms with Crippen molar-refractivity contribution in [3.8, 4) is 0 Å². The number of urea groups is 1. The summed E-state index contributed by atoms with van der Waals surface area (Å²) in [7, 11) is 0. The van der Waals surface area contributed by atoms with Gasteiger partial charge in [0.25, 0.3) is 0 Å². The number of rotatable bonds is 6. The van der Waals surface area contributed by atoms with E-state index in [0.717, 1.165) is 31.2 Å². The number of nitrogens with zero attached hydrogens (tertiary/aromatic N) is 1. The van der Waals surface area contributed by atoms with Crippen molar-refractivity contribution in [2.45, 2.75) is 44.8 Å². The van der Waals surface area contributed by atoms with Gasteiger partial charge < -0.3 is 15.4 Å². The van der Waals surface area contributed by atoms with Crippen molar-refractivity contribution >= 4 is 6.03 Å². The lowest BCUT2D eigenvalue weighted by atomic mass is 9.94. The van der Waals surface area contributed by atoms with Crippen LogP contribution in [0.3, 0.4) is 0 Å². The zero-order valence-electron chi connectivity index (χ0n) is 12.3.